The molecule has 1 aromatic carbocycles. The van der Waals surface area contributed by atoms with Crippen molar-refractivity contribution in [1.82, 2.24) is 14.8 Å². The Morgan fingerprint density at radius 1 is 1.14 bits per heavy atom. The van der Waals surface area contributed by atoms with Gasteiger partial charge >= 0.3 is 5.97 Å². The number of aromatic nitrogens is 3. The first-order chi connectivity index (χ1) is 9.97. The van der Waals surface area contributed by atoms with Crippen molar-refractivity contribution in [3.63, 3.8) is 0 Å². The lowest BCUT2D eigenvalue weighted by Gasteiger charge is -2.08. The Morgan fingerprint density at radius 3 is 2.62 bits per heavy atom. The van der Waals surface area contributed by atoms with Crippen LogP contribution >= 0.6 is 0 Å². The summed E-state index contributed by atoms with van der Waals surface area (Å²) in [6, 6.07) is 9.35. The van der Waals surface area contributed by atoms with Crippen molar-refractivity contribution in [2.45, 2.75) is 20.8 Å². The van der Waals surface area contributed by atoms with Gasteiger partial charge in [-0.15, -0.1) is 0 Å². The van der Waals surface area contributed by atoms with Crippen molar-refractivity contribution >= 4 is 17.0 Å². The smallest absolute Gasteiger partial charge is 0.354 e. The highest BCUT2D eigenvalue weighted by Gasteiger charge is 2.15. The van der Waals surface area contributed by atoms with E-state index in [2.05, 4.69) is 10.1 Å². The van der Waals surface area contributed by atoms with Crippen LogP contribution < -0.4 is 0 Å². The van der Waals surface area contributed by atoms with Crippen LogP contribution in [0.25, 0.3) is 16.7 Å². The number of carboxylic acids is 1. The second-order valence-electron chi connectivity index (χ2n) is 5.16. The maximum Gasteiger partial charge on any atom is 0.354 e. The molecule has 0 radical (unpaired) electrons. The maximum atomic E-state index is 11.1. The number of nitrogens with zero attached hydrogens (tertiary/aromatic N) is 3. The van der Waals surface area contributed by atoms with Gasteiger partial charge in [-0.05, 0) is 50.1 Å². The molecule has 106 valence electrons. The van der Waals surface area contributed by atoms with Crippen LogP contribution in [0.2, 0.25) is 0 Å². The number of carbonyl (C=O) groups is 1. The summed E-state index contributed by atoms with van der Waals surface area (Å²) in [5.74, 6) is -1.04. The highest BCUT2D eigenvalue weighted by Crippen LogP contribution is 2.23. The maximum absolute atomic E-state index is 11.1. The van der Waals surface area contributed by atoms with E-state index >= 15 is 0 Å². The minimum atomic E-state index is -1.04. The molecule has 0 unspecified atom stereocenters. The van der Waals surface area contributed by atoms with E-state index in [1.54, 1.807) is 10.7 Å². The average molecular weight is 281 g/mol. The van der Waals surface area contributed by atoms with Crippen LogP contribution in [0.5, 0.6) is 0 Å². The molecule has 5 nitrogen and oxygen atoms in total. The number of hydrogen-bond donors (Lipinski definition) is 1. The van der Waals surface area contributed by atoms with E-state index < -0.39 is 5.97 Å². The first kappa shape index (κ1) is 13.3. The van der Waals surface area contributed by atoms with Crippen LogP contribution in [0.15, 0.2) is 30.3 Å². The number of aromatic carboxylic acids is 1. The normalized spacial score (nSPS) is 11.0. The quantitative estimate of drug-likeness (QED) is 0.784. The van der Waals surface area contributed by atoms with Crippen molar-refractivity contribution in [2.75, 3.05) is 0 Å². The van der Waals surface area contributed by atoms with Crippen LogP contribution in [-0.4, -0.2) is 25.8 Å². The van der Waals surface area contributed by atoms with E-state index in [9.17, 15) is 4.79 Å². The summed E-state index contributed by atoms with van der Waals surface area (Å²) in [6.45, 7) is 5.91. The minimum Gasteiger partial charge on any atom is -0.477 e. The topological polar surface area (TPSA) is 68.0 Å². The van der Waals surface area contributed by atoms with Crippen molar-refractivity contribution in [3.8, 4) is 5.69 Å². The minimum absolute atomic E-state index is 0.0222. The lowest BCUT2D eigenvalue weighted by molar-refractivity contribution is 0.0691. The van der Waals surface area contributed by atoms with Gasteiger partial charge in [0.15, 0.2) is 11.3 Å². The Labute approximate surface area is 121 Å². The molecule has 0 aliphatic rings. The fourth-order valence-electron chi connectivity index (χ4n) is 2.38. The predicted octanol–water partition coefficient (Wildman–Crippen LogP) is 3.04. The molecule has 2 heterocycles. The second-order valence-corrected chi connectivity index (χ2v) is 5.16. The molecule has 0 saturated carbocycles. The number of rotatable bonds is 2. The van der Waals surface area contributed by atoms with Gasteiger partial charge < -0.3 is 5.11 Å². The molecule has 0 aliphatic heterocycles. The first-order valence-corrected chi connectivity index (χ1v) is 6.64. The van der Waals surface area contributed by atoms with Crippen molar-refractivity contribution in [2.24, 2.45) is 0 Å². The summed E-state index contributed by atoms with van der Waals surface area (Å²) in [6.07, 6.45) is 0. The Hall–Kier alpha value is -2.69. The molecular formula is C16H15N3O2. The summed E-state index contributed by atoms with van der Waals surface area (Å²) >= 11 is 0. The number of hydrogen-bond acceptors (Lipinski definition) is 3. The third-order valence-electron chi connectivity index (χ3n) is 3.53. The van der Waals surface area contributed by atoms with Gasteiger partial charge in [-0.3, -0.25) is 0 Å². The summed E-state index contributed by atoms with van der Waals surface area (Å²) < 4.78 is 1.72. The molecule has 0 spiro atoms. The molecule has 1 N–H and O–H groups in total. The van der Waals surface area contributed by atoms with Gasteiger partial charge in [0.2, 0.25) is 0 Å². The predicted molar refractivity (Wildman–Crippen MR) is 80.0 cm³/mol. The van der Waals surface area contributed by atoms with Gasteiger partial charge in [0.25, 0.3) is 0 Å². The first-order valence-electron chi connectivity index (χ1n) is 6.64. The van der Waals surface area contributed by atoms with Crippen molar-refractivity contribution in [1.29, 1.82) is 0 Å². The Morgan fingerprint density at radius 2 is 1.90 bits per heavy atom. The van der Waals surface area contributed by atoms with Gasteiger partial charge in [0.05, 0.1) is 11.4 Å². The summed E-state index contributed by atoms with van der Waals surface area (Å²) in [4.78, 5) is 15.4. The largest absolute Gasteiger partial charge is 0.477 e. The van der Waals surface area contributed by atoms with Crippen molar-refractivity contribution < 1.29 is 9.90 Å². The molecule has 0 amide bonds. The monoisotopic (exact) mass is 281 g/mol. The molecule has 0 bridgehead atoms. The fraction of sp³-hybridized carbons (Fsp3) is 0.188. The standard InChI is InChI=1S/C16H15N3O2/c1-9-4-5-10(2)14(8-9)19-15-12(11(3)18-19)6-7-13(17-15)16(20)21/h4-8H,1-3H3,(H,20,21). The van der Waals surface area contributed by atoms with E-state index in [-0.39, 0.29) is 5.69 Å². The van der Waals surface area contributed by atoms with Gasteiger partial charge in [-0.2, -0.15) is 5.10 Å². The lowest BCUT2D eigenvalue weighted by Crippen LogP contribution is -2.04. The highest BCUT2D eigenvalue weighted by molar-refractivity contribution is 5.90. The lowest BCUT2D eigenvalue weighted by atomic mass is 10.1. The zero-order valence-electron chi connectivity index (χ0n) is 12.1. The molecule has 5 heteroatoms. The summed E-state index contributed by atoms with van der Waals surface area (Å²) in [5.41, 5.74) is 4.52. The number of pyridine rings is 1. The van der Waals surface area contributed by atoms with Gasteiger partial charge in [0.1, 0.15) is 0 Å². The van der Waals surface area contributed by atoms with Crippen LogP contribution in [0.4, 0.5) is 0 Å². The molecule has 0 fully saturated rings. The molecule has 0 aliphatic carbocycles. The highest BCUT2D eigenvalue weighted by atomic mass is 16.4. The third kappa shape index (κ3) is 2.16. The van der Waals surface area contributed by atoms with Gasteiger partial charge in [-0.1, -0.05) is 12.1 Å². The molecule has 21 heavy (non-hydrogen) atoms. The van der Waals surface area contributed by atoms with E-state index in [1.165, 1.54) is 6.07 Å². The van der Waals surface area contributed by atoms with Gasteiger partial charge in [-0.25, -0.2) is 14.5 Å². The van der Waals surface area contributed by atoms with Crippen LogP contribution in [-0.2, 0) is 0 Å². The Kier molecular flexibility index (Phi) is 2.97. The Bertz CT molecular complexity index is 865. The number of benzene rings is 1. The van der Waals surface area contributed by atoms with E-state index in [0.29, 0.717) is 5.65 Å². The number of aryl methyl sites for hydroxylation is 3. The second kappa shape index (κ2) is 4.70. The van der Waals surface area contributed by atoms with E-state index in [4.69, 9.17) is 5.11 Å². The molecular weight excluding hydrogens is 266 g/mol. The van der Waals surface area contributed by atoms with Crippen LogP contribution in [0.3, 0.4) is 0 Å². The van der Waals surface area contributed by atoms with Crippen molar-refractivity contribution in [3.05, 3.63) is 52.8 Å². The van der Waals surface area contributed by atoms with Crippen LogP contribution in [0.1, 0.15) is 27.3 Å². The summed E-state index contributed by atoms with van der Waals surface area (Å²) in [7, 11) is 0. The third-order valence-corrected chi connectivity index (χ3v) is 3.53. The number of fused-ring (bicyclic) bond motifs is 1. The SMILES string of the molecule is Cc1ccc(C)c(-n2nc(C)c3ccc(C(=O)O)nc32)c1. The fourth-order valence-corrected chi connectivity index (χ4v) is 2.38. The summed E-state index contributed by atoms with van der Waals surface area (Å²) in [5, 5.41) is 14.5. The molecule has 2 aromatic heterocycles. The molecule has 3 aromatic rings. The van der Waals surface area contributed by atoms with E-state index in [0.717, 1.165) is 27.9 Å². The zero-order chi connectivity index (χ0) is 15.1. The zero-order valence-corrected chi connectivity index (χ0v) is 12.1. The molecule has 0 atom stereocenters. The number of carboxylic acid groups (broad SMARTS) is 1. The molecule has 3 rings (SSSR count). The van der Waals surface area contributed by atoms with Gasteiger partial charge in [0, 0.05) is 5.39 Å². The Balaban J connectivity index is 2.34. The van der Waals surface area contributed by atoms with E-state index in [1.807, 2.05) is 39.0 Å². The average Bonchev–Trinajstić information content (AvgIpc) is 2.78. The van der Waals surface area contributed by atoms with Crippen LogP contribution in [0, 0.1) is 20.8 Å². The molecule has 0 saturated heterocycles.